The monoisotopic (exact) mass is 413 g/mol. The van der Waals surface area contributed by atoms with Crippen molar-refractivity contribution in [1.29, 1.82) is 0 Å². The van der Waals surface area contributed by atoms with Gasteiger partial charge in [0.05, 0.1) is 11.0 Å². The van der Waals surface area contributed by atoms with Crippen molar-refractivity contribution in [3.63, 3.8) is 0 Å². The zero-order valence-electron chi connectivity index (χ0n) is 12.1. The van der Waals surface area contributed by atoms with E-state index in [-0.39, 0.29) is 5.56 Å². The molecule has 1 N–H and O–H groups in total. The van der Waals surface area contributed by atoms with Crippen LogP contribution in [0.4, 0.5) is 0 Å². The van der Waals surface area contributed by atoms with Crippen molar-refractivity contribution in [1.82, 2.24) is 4.72 Å². The highest BCUT2D eigenvalue weighted by molar-refractivity contribution is 9.10. The van der Waals surface area contributed by atoms with Gasteiger partial charge in [0.2, 0.25) is 0 Å². The molecule has 2 aromatic carbocycles. The molecule has 0 radical (unpaired) electrons. The van der Waals surface area contributed by atoms with Gasteiger partial charge in [0.25, 0.3) is 15.9 Å². The minimum absolute atomic E-state index is 0.246. The summed E-state index contributed by atoms with van der Waals surface area (Å²) in [5.41, 5.74) is 1.82. The molecule has 0 aromatic heterocycles. The molecule has 0 fully saturated rings. The fourth-order valence-electron chi connectivity index (χ4n) is 1.80. The molecule has 1 amide bonds. The van der Waals surface area contributed by atoms with Crippen molar-refractivity contribution in [2.75, 3.05) is 0 Å². The van der Waals surface area contributed by atoms with Crippen molar-refractivity contribution in [2.24, 2.45) is 0 Å². The molecule has 0 aliphatic heterocycles. The fourth-order valence-corrected chi connectivity index (χ4v) is 3.45. The van der Waals surface area contributed by atoms with Gasteiger partial charge < -0.3 is 0 Å². The van der Waals surface area contributed by atoms with Gasteiger partial charge in [-0.2, -0.15) is 0 Å². The molecule has 0 saturated heterocycles. The number of benzene rings is 2. The van der Waals surface area contributed by atoms with Gasteiger partial charge in [0, 0.05) is 9.50 Å². The first kappa shape index (κ1) is 17.7. The van der Waals surface area contributed by atoms with Gasteiger partial charge in [-0.05, 0) is 64.3 Å². The minimum Gasteiger partial charge on any atom is -0.268 e. The van der Waals surface area contributed by atoms with Crippen LogP contribution in [0.5, 0.6) is 0 Å². The van der Waals surface area contributed by atoms with E-state index in [4.69, 9.17) is 11.6 Å². The zero-order valence-corrected chi connectivity index (χ0v) is 15.2. The Morgan fingerprint density at radius 2 is 1.96 bits per heavy atom. The van der Waals surface area contributed by atoms with Crippen molar-refractivity contribution in [2.45, 2.75) is 6.92 Å². The van der Waals surface area contributed by atoms with Crippen molar-refractivity contribution >= 4 is 49.5 Å². The SMILES string of the molecule is Cc1ccc(C(=O)NS(=O)(=O)/C=C/c2cccc(Cl)c2)c(Br)c1. The van der Waals surface area contributed by atoms with Gasteiger partial charge >= 0.3 is 0 Å². The predicted octanol–water partition coefficient (Wildman–Crippen LogP) is 4.14. The lowest BCUT2D eigenvalue weighted by molar-refractivity contribution is 0.0981. The zero-order chi connectivity index (χ0) is 17.0. The molecule has 2 aromatic rings. The van der Waals surface area contributed by atoms with Crippen LogP contribution in [0, 0.1) is 6.92 Å². The smallest absolute Gasteiger partial charge is 0.266 e. The quantitative estimate of drug-likeness (QED) is 0.818. The summed E-state index contributed by atoms with van der Waals surface area (Å²) in [4.78, 5) is 12.1. The molecule has 120 valence electrons. The molecule has 0 unspecified atom stereocenters. The van der Waals surface area contributed by atoms with Crippen LogP contribution in [-0.4, -0.2) is 14.3 Å². The number of rotatable bonds is 4. The second kappa shape index (κ2) is 7.29. The molecule has 0 aliphatic carbocycles. The second-order valence-corrected chi connectivity index (χ2v) is 7.67. The van der Waals surface area contributed by atoms with Gasteiger partial charge in [-0.3, -0.25) is 4.79 Å². The normalized spacial score (nSPS) is 11.6. The predicted molar refractivity (Wildman–Crippen MR) is 95.8 cm³/mol. The molecular formula is C16H13BrClNO3S. The van der Waals surface area contributed by atoms with E-state index in [1.165, 1.54) is 6.08 Å². The van der Waals surface area contributed by atoms with E-state index in [2.05, 4.69) is 15.9 Å². The lowest BCUT2D eigenvalue weighted by Crippen LogP contribution is -2.29. The van der Waals surface area contributed by atoms with Gasteiger partial charge in [0.15, 0.2) is 0 Å². The highest BCUT2D eigenvalue weighted by Crippen LogP contribution is 2.18. The van der Waals surface area contributed by atoms with E-state index in [0.717, 1.165) is 11.0 Å². The molecule has 4 nitrogen and oxygen atoms in total. The number of aryl methyl sites for hydroxylation is 1. The van der Waals surface area contributed by atoms with Crippen LogP contribution in [0.25, 0.3) is 6.08 Å². The van der Waals surface area contributed by atoms with E-state index in [9.17, 15) is 13.2 Å². The lowest BCUT2D eigenvalue weighted by Gasteiger charge is -2.06. The fraction of sp³-hybridized carbons (Fsp3) is 0.0625. The molecule has 0 spiro atoms. The van der Waals surface area contributed by atoms with E-state index < -0.39 is 15.9 Å². The molecule has 0 heterocycles. The summed E-state index contributed by atoms with van der Waals surface area (Å²) in [6.07, 6.45) is 1.37. The summed E-state index contributed by atoms with van der Waals surface area (Å²) >= 11 is 9.08. The Bertz CT molecular complexity index is 879. The first-order chi connectivity index (χ1) is 10.8. The maximum Gasteiger partial charge on any atom is 0.266 e. The van der Waals surface area contributed by atoms with Crippen LogP contribution in [0.15, 0.2) is 52.3 Å². The number of amides is 1. The number of sulfonamides is 1. The maximum atomic E-state index is 12.1. The first-order valence-electron chi connectivity index (χ1n) is 6.54. The highest BCUT2D eigenvalue weighted by atomic mass is 79.9. The summed E-state index contributed by atoms with van der Waals surface area (Å²) in [5, 5.41) is 1.43. The first-order valence-corrected chi connectivity index (χ1v) is 9.25. The van der Waals surface area contributed by atoms with Crippen LogP contribution in [0.2, 0.25) is 5.02 Å². The van der Waals surface area contributed by atoms with Crippen LogP contribution < -0.4 is 4.72 Å². The molecule has 0 atom stereocenters. The average Bonchev–Trinajstić information content (AvgIpc) is 2.44. The highest BCUT2D eigenvalue weighted by Gasteiger charge is 2.15. The molecule has 0 aliphatic rings. The second-order valence-electron chi connectivity index (χ2n) is 4.82. The Morgan fingerprint density at radius 3 is 2.61 bits per heavy atom. The Balaban J connectivity index is 2.16. The molecule has 0 saturated carbocycles. The summed E-state index contributed by atoms with van der Waals surface area (Å²) in [7, 11) is -3.91. The Hall–Kier alpha value is -1.63. The van der Waals surface area contributed by atoms with Crippen molar-refractivity contribution in [3.05, 3.63) is 74.1 Å². The molecule has 23 heavy (non-hydrogen) atoms. The van der Waals surface area contributed by atoms with Crippen LogP contribution in [0.3, 0.4) is 0 Å². The molecular weight excluding hydrogens is 402 g/mol. The third-order valence-corrected chi connectivity index (χ3v) is 4.75. The number of carbonyl (C=O) groups is 1. The lowest BCUT2D eigenvalue weighted by atomic mass is 10.1. The largest absolute Gasteiger partial charge is 0.268 e. The third kappa shape index (κ3) is 5.20. The maximum absolute atomic E-state index is 12.1. The Morgan fingerprint density at radius 1 is 1.22 bits per heavy atom. The molecule has 7 heteroatoms. The standard InChI is InChI=1S/C16H13BrClNO3S/c1-11-5-6-14(15(17)9-11)16(20)19-23(21,22)8-7-12-3-2-4-13(18)10-12/h2-10H,1H3,(H,19,20)/b8-7+. The number of halogens is 2. The summed E-state index contributed by atoms with van der Waals surface area (Å²) < 4.78 is 26.5. The van der Waals surface area contributed by atoms with Crippen molar-refractivity contribution < 1.29 is 13.2 Å². The number of hydrogen-bond acceptors (Lipinski definition) is 3. The summed E-state index contributed by atoms with van der Waals surface area (Å²) in [6, 6.07) is 11.7. The third-order valence-electron chi connectivity index (χ3n) is 2.89. The van der Waals surface area contributed by atoms with Gasteiger partial charge in [-0.15, -0.1) is 0 Å². The number of carbonyl (C=O) groups excluding carboxylic acids is 1. The Labute approximate surface area is 148 Å². The molecule has 0 bridgehead atoms. The summed E-state index contributed by atoms with van der Waals surface area (Å²) in [5.74, 6) is -0.701. The summed E-state index contributed by atoms with van der Waals surface area (Å²) in [6.45, 7) is 1.87. The van der Waals surface area contributed by atoms with E-state index >= 15 is 0 Å². The van der Waals surface area contributed by atoms with E-state index in [0.29, 0.717) is 15.1 Å². The minimum atomic E-state index is -3.91. The van der Waals surface area contributed by atoms with E-state index in [1.54, 1.807) is 42.5 Å². The average molecular weight is 415 g/mol. The number of nitrogens with one attached hydrogen (secondary N) is 1. The van der Waals surface area contributed by atoms with Gasteiger partial charge in [0.1, 0.15) is 0 Å². The molecule has 2 rings (SSSR count). The van der Waals surface area contributed by atoms with Crippen LogP contribution in [-0.2, 0) is 10.0 Å². The Kier molecular flexibility index (Phi) is 5.62. The van der Waals surface area contributed by atoms with Gasteiger partial charge in [-0.1, -0.05) is 29.8 Å². The van der Waals surface area contributed by atoms with E-state index in [1.807, 2.05) is 11.6 Å². The van der Waals surface area contributed by atoms with Crippen molar-refractivity contribution in [3.8, 4) is 0 Å². The van der Waals surface area contributed by atoms with Gasteiger partial charge in [-0.25, -0.2) is 13.1 Å². The topological polar surface area (TPSA) is 63.2 Å². The number of hydrogen-bond donors (Lipinski definition) is 1. The van der Waals surface area contributed by atoms with Crippen LogP contribution in [0.1, 0.15) is 21.5 Å². The van der Waals surface area contributed by atoms with Crippen LogP contribution >= 0.6 is 27.5 Å².